The first-order valence-corrected chi connectivity index (χ1v) is 6.83. The van der Waals surface area contributed by atoms with Crippen LogP contribution in [0.2, 0.25) is 0 Å². The van der Waals surface area contributed by atoms with Gasteiger partial charge in [0.2, 0.25) is 0 Å². The summed E-state index contributed by atoms with van der Waals surface area (Å²) in [5, 5.41) is 12.8. The molecular formula is C19H20O. The number of allylic oxidation sites excluding steroid dienone is 3. The number of rotatable bonds is 6. The van der Waals surface area contributed by atoms with Gasteiger partial charge in [0.25, 0.3) is 0 Å². The highest BCUT2D eigenvalue weighted by Gasteiger charge is 2.16. The van der Waals surface area contributed by atoms with Crippen molar-refractivity contribution in [3.63, 3.8) is 0 Å². The first-order chi connectivity index (χ1) is 9.76. The van der Waals surface area contributed by atoms with Crippen molar-refractivity contribution in [3.8, 4) is 0 Å². The molecule has 0 aliphatic rings. The molecule has 0 radical (unpaired) electrons. The highest BCUT2D eigenvalue weighted by atomic mass is 16.3. The lowest BCUT2D eigenvalue weighted by Crippen LogP contribution is -2.09. The molecule has 0 heterocycles. The van der Waals surface area contributed by atoms with Crippen LogP contribution in [0.4, 0.5) is 0 Å². The number of hydrogen-bond acceptors (Lipinski definition) is 1. The second kappa shape index (κ2) is 6.88. The second-order valence-corrected chi connectivity index (χ2v) is 4.85. The molecule has 1 N–H and O–H groups in total. The molecule has 1 nitrogen and oxygen atoms in total. The van der Waals surface area contributed by atoms with Crippen LogP contribution in [0.5, 0.6) is 0 Å². The van der Waals surface area contributed by atoms with Crippen LogP contribution >= 0.6 is 0 Å². The van der Waals surface area contributed by atoms with Crippen molar-refractivity contribution >= 4 is 10.8 Å². The average Bonchev–Trinajstić information content (AvgIpc) is 2.50. The van der Waals surface area contributed by atoms with E-state index in [1.165, 1.54) is 5.39 Å². The van der Waals surface area contributed by atoms with E-state index in [-0.39, 0.29) is 5.92 Å². The van der Waals surface area contributed by atoms with Crippen LogP contribution in [-0.2, 0) is 0 Å². The van der Waals surface area contributed by atoms with Crippen LogP contribution in [0.3, 0.4) is 0 Å². The van der Waals surface area contributed by atoms with Gasteiger partial charge in [-0.25, -0.2) is 0 Å². The monoisotopic (exact) mass is 264 g/mol. The van der Waals surface area contributed by atoms with Crippen molar-refractivity contribution in [1.82, 2.24) is 0 Å². The molecule has 2 aromatic rings. The summed E-state index contributed by atoms with van der Waals surface area (Å²) in [6.07, 6.45) is 7.67. The lowest BCUT2D eigenvalue weighted by atomic mass is 9.91. The molecule has 0 saturated heterocycles. The largest absolute Gasteiger partial charge is 0.388 e. The summed E-state index contributed by atoms with van der Waals surface area (Å²) in [5.41, 5.74) is 0.931. The zero-order valence-corrected chi connectivity index (χ0v) is 11.6. The minimum absolute atomic E-state index is 0.00682. The Morgan fingerprint density at radius 1 is 1.05 bits per heavy atom. The Morgan fingerprint density at radius 2 is 1.80 bits per heavy atom. The van der Waals surface area contributed by atoms with Crippen LogP contribution in [0.1, 0.15) is 18.1 Å². The summed E-state index contributed by atoms with van der Waals surface area (Å²) in [7, 11) is 0. The molecule has 0 fully saturated rings. The normalized spacial score (nSPS) is 14.2. The minimum atomic E-state index is -0.536. The first-order valence-electron chi connectivity index (χ1n) is 6.83. The summed E-state index contributed by atoms with van der Waals surface area (Å²) in [6, 6.07) is 14.2. The van der Waals surface area contributed by atoms with Gasteiger partial charge in [-0.1, -0.05) is 67.3 Å². The molecule has 20 heavy (non-hydrogen) atoms. The van der Waals surface area contributed by atoms with Crippen LogP contribution in [0.15, 0.2) is 79.9 Å². The van der Waals surface area contributed by atoms with E-state index >= 15 is 0 Å². The molecule has 0 aromatic heterocycles. The molecule has 0 aliphatic carbocycles. The Labute approximate surface area is 120 Å². The van der Waals surface area contributed by atoms with Gasteiger partial charge in [-0.15, -0.1) is 6.58 Å². The maximum Gasteiger partial charge on any atom is 0.0855 e. The summed E-state index contributed by atoms with van der Waals surface area (Å²) in [6.45, 7) is 7.47. The fourth-order valence-corrected chi connectivity index (χ4v) is 2.32. The molecule has 2 atom stereocenters. The molecule has 1 heteroatoms. The molecule has 102 valence electrons. The maximum absolute atomic E-state index is 10.5. The Morgan fingerprint density at radius 3 is 2.50 bits per heavy atom. The molecular weight excluding hydrogens is 244 g/mol. The van der Waals surface area contributed by atoms with E-state index in [1.54, 1.807) is 6.08 Å². The van der Waals surface area contributed by atoms with E-state index in [9.17, 15) is 5.11 Å². The summed E-state index contributed by atoms with van der Waals surface area (Å²) < 4.78 is 0. The highest BCUT2D eigenvalue weighted by molar-refractivity contribution is 5.83. The van der Waals surface area contributed by atoms with Gasteiger partial charge in [-0.2, -0.15) is 0 Å². The SMILES string of the molecule is C=CC=CCC(C=C)C(O)c1ccc2ccccc2c1. The van der Waals surface area contributed by atoms with Gasteiger partial charge in [0, 0.05) is 5.92 Å². The summed E-state index contributed by atoms with van der Waals surface area (Å²) >= 11 is 0. The van der Waals surface area contributed by atoms with Gasteiger partial charge in [0.15, 0.2) is 0 Å². The molecule has 0 bridgehead atoms. The molecule has 0 aliphatic heterocycles. The third-order valence-corrected chi connectivity index (χ3v) is 3.50. The fourth-order valence-electron chi connectivity index (χ4n) is 2.32. The number of aliphatic hydroxyl groups excluding tert-OH is 1. The van der Waals surface area contributed by atoms with Gasteiger partial charge in [0.1, 0.15) is 0 Å². The zero-order valence-electron chi connectivity index (χ0n) is 11.6. The van der Waals surface area contributed by atoms with Crippen molar-refractivity contribution in [2.45, 2.75) is 12.5 Å². The van der Waals surface area contributed by atoms with Gasteiger partial charge < -0.3 is 5.11 Å². The average molecular weight is 264 g/mol. The lowest BCUT2D eigenvalue weighted by molar-refractivity contribution is 0.133. The molecule has 0 amide bonds. The van der Waals surface area contributed by atoms with Crippen LogP contribution in [0.25, 0.3) is 10.8 Å². The number of hydrogen-bond donors (Lipinski definition) is 1. The van der Waals surface area contributed by atoms with Crippen molar-refractivity contribution in [2.75, 3.05) is 0 Å². The molecule has 2 unspecified atom stereocenters. The van der Waals surface area contributed by atoms with Gasteiger partial charge >= 0.3 is 0 Å². The van der Waals surface area contributed by atoms with Crippen LogP contribution in [-0.4, -0.2) is 5.11 Å². The van der Waals surface area contributed by atoms with Crippen molar-refractivity contribution < 1.29 is 5.11 Å². The van der Waals surface area contributed by atoms with Gasteiger partial charge in [-0.3, -0.25) is 0 Å². The third-order valence-electron chi connectivity index (χ3n) is 3.50. The van der Waals surface area contributed by atoms with Gasteiger partial charge in [-0.05, 0) is 28.8 Å². The molecule has 0 saturated carbocycles. The van der Waals surface area contributed by atoms with E-state index in [0.29, 0.717) is 0 Å². The summed E-state index contributed by atoms with van der Waals surface area (Å²) in [4.78, 5) is 0. The van der Waals surface area contributed by atoms with Crippen molar-refractivity contribution in [2.24, 2.45) is 5.92 Å². The van der Waals surface area contributed by atoms with Crippen LogP contribution in [0, 0.1) is 5.92 Å². The van der Waals surface area contributed by atoms with E-state index < -0.39 is 6.10 Å². The van der Waals surface area contributed by atoms with Crippen molar-refractivity contribution in [1.29, 1.82) is 0 Å². The Bertz CT molecular complexity index is 624. The molecule has 2 aromatic carbocycles. The van der Waals surface area contributed by atoms with E-state index in [1.807, 2.05) is 48.6 Å². The highest BCUT2D eigenvalue weighted by Crippen LogP contribution is 2.28. The Kier molecular flexibility index (Phi) is 4.91. The van der Waals surface area contributed by atoms with Crippen molar-refractivity contribution in [3.05, 3.63) is 85.5 Å². The summed E-state index contributed by atoms with van der Waals surface area (Å²) in [5.74, 6) is 0.00682. The number of fused-ring (bicyclic) bond motifs is 1. The lowest BCUT2D eigenvalue weighted by Gasteiger charge is -2.19. The van der Waals surface area contributed by atoms with E-state index in [2.05, 4.69) is 25.3 Å². The number of benzene rings is 2. The van der Waals surface area contributed by atoms with E-state index in [4.69, 9.17) is 0 Å². The molecule has 2 rings (SSSR count). The van der Waals surface area contributed by atoms with Crippen LogP contribution < -0.4 is 0 Å². The first kappa shape index (κ1) is 14.3. The minimum Gasteiger partial charge on any atom is -0.388 e. The topological polar surface area (TPSA) is 20.2 Å². The Balaban J connectivity index is 2.24. The number of aliphatic hydroxyl groups is 1. The standard InChI is InChI=1S/C19H20O/c1-3-5-6-9-15(4-2)19(20)18-13-12-16-10-7-8-11-17(16)14-18/h3-8,10-15,19-20H,1-2,9H2. The van der Waals surface area contributed by atoms with E-state index in [0.717, 1.165) is 17.4 Å². The maximum atomic E-state index is 10.5. The second-order valence-electron chi connectivity index (χ2n) is 4.85. The molecule has 0 spiro atoms. The smallest absolute Gasteiger partial charge is 0.0855 e. The third kappa shape index (κ3) is 3.25. The Hall–Kier alpha value is -2.12. The van der Waals surface area contributed by atoms with Gasteiger partial charge in [0.05, 0.1) is 6.10 Å². The quantitative estimate of drug-likeness (QED) is 0.586. The zero-order chi connectivity index (χ0) is 14.4. The fraction of sp³-hybridized carbons (Fsp3) is 0.158. The predicted octanol–water partition coefficient (Wildman–Crippen LogP) is 4.81. The predicted molar refractivity (Wildman–Crippen MR) is 86.5 cm³/mol.